The second-order valence-electron chi connectivity index (χ2n) is 10.2. The van der Waals surface area contributed by atoms with Crippen molar-refractivity contribution in [3.05, 3.63) is 71.8 Å². The fourth-order valence-electron chi connectivity index (χ4n) is 3.36. The fourth-order valence-corrected chi connectivity index (χ4v) is 3.36. The number of hydrogen-bond donors (Lipinski definition) is 5. The highest BCUT2D eigenvalue weighted by molar-refractivity contribution is 5.92. The first-order valence-electron chi connectivity index (χ1n) is 13.3. The number of carboxylic acid groups (broad SMARTS) is 1. The van der Waals surface area contributed by atoms with Crippen LogP contribution in [0, 0.1) is 0 Å². The second-order valence-corrected chi connectivity index (χ2v) is 10.2. The highest BCUT2D eigenvalue weighted by Crippen LogP contribution is 2.07. The van der Waals surface area contributed by atoms with Crippen LogP contribution in [0.4, 0.5) is 9.59 Å². The molecule has 14 nitrogen and oxygen atoms in total. The lowest BCUT2D eigenvalue weighted by atomic mass is 10.0. The van der Waals surface area contributed by atoms with E-state index in [1.165, 1.54) is 0 Å². The molecule has 2 aromatic rings. The zero-order chi connectivity index (χ0) is 31.8. The lowest BCUT2D eigenvalue weighted by Crippen LogP contribution is -2.55. The van der Waals surface area contributed by atoms with Crippen molar-refractivity contribution in [1.82, 2.24) is 21.3 Å². The van der Waals surface area contributed by atoms with Crippen LogP contribution in [0.2, 0.25) is 0 Å². The van der Waals surface area contributed by atoms with E-state index in [-0.39, 0.29) is 13.0 Å². The third-order valence-electron chi connectivity index (χ3n) is 5.34. The molecule has 43 heavy (non-hydrogen) atoms. The van der Waals surface area contributed by atoms with Crippen LogP contribution in [-0.2, 0) is 46.4 Å². The number of carbonyl (C=O) groups is 6. The van der Waals surface area contributed by atoms with Crippen LogP contribution in [-0.4, -0.2) is 78.4 Å². The summed E-state index contributed by atoms with van der Waals surface area (Å²) in [4.78, 5) is 73.1. The standard InChI is InChI=1S/C29H36N4O10/c1-29(2,3)43-28(40)31-16-24(35)41-18-22(26(37)38)33-25(36)21(14-19-10-6-4-7-11-19)32-23(34)15-30-27(39)42-17-20-12-8-5-9-13-20/h4-13,21-22H,14-18H2,1-3H3,(H,30,39)(H,31,40)(H,32,34)(H,33,36)(H,37,38)/t21-,22-/m0/s1. The first kappa shape index (κ1) is 34.1. The number of aliphatic carboxylic acids is 1. The average molecular weight is 601 g/mol. The van der Waals surface area contributed by atoms with E-state index in [1.54, 1.807) is 75.4 Å². The van der Waals surface area contributed by atoms with E-state index in [1.807, 2.05) is 6.07 Å². The van der Waals surface area contributed by atoms with E-state index in [9.17, 15) is 33.9 Å². The molecule has 232 valence electrons. The molecule has 2 rings (SSSR count). The predicted octanol–water partition coefficient (Wildman–Crippen LogP) is 1.28. The number of alkyl carbamates (subject to hydrolysis) is 2. The third kappa shape index (κ3) is 14.4. The average Bonchev–Trinajstić information content (AvgIpc) is 2.95. The number of carbonyl (C=O) groups excluding carboxylic acids is 5. The van der Waals surface area contributed by atoms with Crippen molar-refractivity contribution in [3.63, 3.8) is 0 Å². The van der Waals surface area contributed by atoms with Gasteiger partial charge in [-0.05, 0) is 31.9 Å². The van der Waals surface area contributed by atoms with Crippen LogP contribution in [0.1, 0.15) is 31.9 Å². The molecule has 0 saturated heterocycles. The number of rotatable bonds is 14. The molecule has 0 radical (unpaired) electrons. The third-order valence-corrected chi connectivity index (χ3v) is 5.34. The molecule has 0 aliphatic rings. The Morgan fingerprint density at radius 3 is 1.91 bits per heavy atom. The monoisotopic (exact) mass is 600 g/mol. The van der Waals surface area contributed by atoms with Gasteiger partial charge in [0.2, 0.25) is 11.8 Å². The number of carboxylic acids is 1. The van der Waals surface area contributed by atoms with E-state index >= 15 is 0 Å². The zero-order valence-electron chi connectivity index (χ0n) is 24.1. The minimum absolute atomic E-state index is 0.00839. The smallest absolute Gasteiger partial charge is 0.408 e. The van der Waals surface area contributed by atoms with Gasteiger partial charge in [-0.15, -0.1) is 0 Å². The van der Waals surface area contributed by atoms with Crippen molar-refractivity contribution in [3.8, 4) is 0 Å². The first-order valence-corrected chi connectivity index (χ1v) is 13.3. The van der Waals surface area contributed by atoms with E-state index in [0.29, 0.717) is 5.56 Å². The Morgan fingerprint density at radius 1 is 0.744 bits per heavy atom. The highest BCUT2D eigenvalue weighted by atomic mass is 16.6. The van der Waals surface area contributed by atoms with Crippen LogP contribution in [0.15, 0.2) is 60.7 Å². The lowest BCUT2D eigenvalue weighted by Gasteiger charge is -2.22. The molecule has 4 amide bonds. The Morgan fingerprint density at radius 2 is 1.33 bits per heavy atom. The Bertz CT molecular complexity index is 1250. The minimum atomic E-state index is -1.67. The molecule has 0 aliphatic heterocycles. The summed E-state index contributed by atoms with van der Waals surface area (Å²) in [5.74, 6) is -4.09. The zero-order valence-corrected chi connectivity index (χ0v) is 24.1. The summed E-state index contributed by atoms with van der Waals surface area (Å²) in [6.45, 7) is 3.03. The molecule has 0 unspecified atom stereocenters. The molecule has 0 spiro atoms. The van der Waals surface area contributed by atoms with Crippen molar-refractivity contribution in [1.29, 1.82) is 0 Å². The topological polar surface area (TPSA) is 198 Å². The van der Waals surface area contributed by atoms with Crippen LogP contribution in [0.25, 0.3) is 0 Å². The maximum atomic E-state index is 13.1. The molecule has 0 aromatic heterocycles. The molecule has 14 heteroatoms. The van der Waals surface area contributed by atoms with Gasteiger partial charge in [0.25, 0.3) is 0 Å². The quantitative estimate of drug-likeness (QED) is 0.155. The van der Waals surface area contributed by atoms with Crippen LogP contribution in [0.3, 0.4) is 0 Å². The summed E-state index contributed by atoms with van der Waals surface area (Å²) in [5, 5.41) is 18.8. The summed E-state index contributed by atoms with van der Waals surface area (Å²) < 4.78 is 14.9. The number of hydrogen-bond acceptors (Lipinski definition) is 9. The molecule has 0 bridgehead atoms. The summed E-state index contributed by atoms with van der Waals surface area (Å²) in [6, 6.07) is 14.6. The van der Waals surface area contributed by atoms with Crippen molar-refractivity contribution < 1.29 is 48.1 Å². The van der Waals surface area contributed by atoms with Crippen LogP contribution < -0.4 is 21.3 Å². The number of ether oxygens (including phenoxy) is 3. The SMILES string of the molecule is CC(C)(C)OC(=O)NCC(=O)OC[C@H](NC(=O)[C@H](Cc1ccccc1)NC(=O)CNC(=O)OCc1ccccc1)C(=O)O. The van der Waals surface area contributed by atoms with Crippen molar-refractivity contribution in [2.45, 2.75) is 51.5 Å². The highest BCUT2D eigenvalue weighted by Gasteiger charge is 2.28. The molecule has 0 fully saturated rings. The van der Waals surface area contributed by atoms with Gasteiger partial charge in [-0.25, -0.2) is 14.4 Å². The fraction of sp³-hybridized carbons (Fsp3) is 0.379. The largest absolute Gasteiger partial charge is 0.480 e. The van der Waals surface area contributed by atoms with E-state index in [2.05, 4.69) is 21.3 Å². The number of benzene rings is 2. The Hall–Kier alpha value is -5.14. The van der Waals surface area contributed by atoms with E-state index in [4.69, 9.17) is 14.2 Å². The summed E-state index contributed by atoms with van der Waals surface area (Å²) in [6.07, 6.45) is -1.73. The van der Waals surface area contributed by atoms with Gasteiger partial charge in [-0.2, -0.15) is 0 Å². The first-order chi connectivity index (χ1) is 20.3. The lowest BCUT2D eigenvalue weighted by molar-refractivity contribution is -0.150. The Labute approximate surface area is 248 Å². The summed E-state index contributed by atoms with van der Waals surface area (Å²) in [5.41, 5.74) is 0.615. The van der Waals surface area contributed by atoms with Gasteiger partial charge in [0.05, 0.1) is 0 Å². The van der Waals surface area contributed by atoms with Gasteiger partial charge < -0.3 is 40.6 Å². The maximum absolute atomic E-state index is 13.1. The molecular formula is C29H36N4O10. The predicted molar refractivity (Wildman–Crippen MR) is 151 cm³/mol. The van der Waals surface area contributed by atoms with Gasteiger partial charge in [-0.3, -0.25) is 14.4 Å². The normalized spacial score (nSPS) is 12.1. The van der Waals surface area contributed by atoms with Crippen molar-refractivity contribution in [2.75, 3.05) is 19.7 Å². The Balaban J connectivity index is 1.93. The van der Waals surface area contributed by atoms with Gasteiger partial charge >= 0.3 is 24.1 Å². The van der Waals surface area contributed by atoms with E-state index in [0.717, 1.165) is 5.56 Å². The molecule has 0 heterocycles. The summed E-state index contributed by atoms with van der Waals surface area (Å²) in [7, 11) is 0. The number of esters is 1. The van der Waals surface area contributed by atoms with Gasteiger partial charge in [0.15, 0.2) is 6.04 Å². The Kier molecular flexibility index (Phi) is 13.4. The molecular weight excluding hydrogens is 564 g/mol. The molecule has 0 saturated carbocycles. The number of nitrogens with one attached hydrogen (secondary N) is 4. The molecule has 0 aliphatic carbocycles. The molecule has 2 atom stereocenters. The van der Waals surface area contributed by atoms with Crippen LogP contribution in [0.5, 0.6) is 0 Å². The summed E-state index contributed by atoms with van der Waals surface area (Å²) >= 11 is 0. The molecule has 5 N–H and O–H groups in total. The van der Waals surface area contributed by atoms with E-state index < -0.39 is 73.3 Å². The van der Waals surface area contributed by atoms with Crippen molar-refractivity contribution in [2.24, 2.45) is 0 Å². The van der Waals surface area contributed by atoms with Crippen molar-refractivity contribution >= 4 is 35.9 Å². The van der Waals surface area contributed by atoms with Gasteiger partial charge in [0, 0.05) is 6.42 Å². The van der Waals surface area contributed by atoms with Gasteiger partial charge in [-0.1, -0.05) is 60.7 Å². The maximum Gasteiger partial charge on any atom is 0.408 e. The number of amides is 4. The van der Waals surface area contributed by atoms with Gasteiger partial charge in [0.1, 0.15) is 37.9 Å². The van der Waals surface area contributed by atoms with Crippen LogP contribution >= 0.6 is 0 Å². The second kappa shape index (κ2) is 17.0. The molecule has 2 aromatic carbocycles. The minimum Gasteiger partial charge on any atom is -0.480 e.